The van der Waals surface area contributed by atoms with Crippen LogP contribution in [0.1, 0.15) is 0 Å². The van der Waals surface area contributed by atoms with Crippen molar-refractivity contribution in [1.29, 1.82) is 0 Å². The van der Waals surface area contributed by atoms with Gasteiger partial charge in [0.15, 0.2) is 0 Å². The van der Waals surface area contributed by atoms with Crippen LogP contribution in [0.15, 0.2) is 170 Å². The van der Waals surface area contributed by atoms with Crippen LogP contribution >= 0.6 is 15.8 Å². The van der Waals surface area contributed by atoms with Gasteiger partial charge in [-0.05, 0) is 71.9 Å². The van der Waals surface area contributed by atoms with E-state index in [0.29, 0.717) is 0 Å². The molecule has 6 aromatic rings. The summed E-state index contributed by atoms with van der Waals surface area (Å²) in [5, 5.41) is 7.99. The average molecular weight is 539 g/mol. The third-order valence-electron chi connectivity index (χ3n) is 6.48. The van der Waals surface area contributed by atoms with Gasteiger partial charge < -0.3 is 4.74 Å². The molecule has 0 heterocycles. The zero-order valence-electron chi connectivity index (χ0n) is 21.5. The van der Waals surface area contributed by atoms with E-state index in [9.17, 15) is 0 Å². The van der Waals surface area contributed by atoms with Gasteiger partial charge in [0.05, 0.1) is 0 Å². The van der Waals surface area contributed by atoms with Crippen LogP contribution in [0.25, 0.3) is 0 Å². The zero-order valence-corrected chi connectivity index (χ0v) is 23.3. The first kappa shape index (κ1) is 25.3. The maximum atomic E-state index is 6.29. The second kappa shape index (κ2) is 12.2. The molecule has 0 aliphatic heterocycles. The van der Waals surface area contributed by atoms with Crippen LogP contribution in [0, 0.1) is 0 Å². The van der Waals surface area contributed by atoms with Crippen LogP contribution in [-0.2, 0) is 0 Å². The molecule has 39 heavy (non-hydrogen) atoms. The highest BCUT2D eigenvalue weighted by atomic mass is 31.1. The van der Waals surface area contributed by atoms with Crippen molar-refractivity contribution >= 4 is 47.7 Å². The van der Waals surface area contributed by atoms with Crippen molar-refractivity contribution in [1.82, 2.24) is 0 Å². The summed E-state index contributed by atoms with van der Waals surface area (Å²) in [6.45, 7) is 0. The lowest BCUT2D eigenvalue weighted by Gasteiger charge is -2.20. The summed E-state index contributed by atoms with van der Waals surface area (Å²) in [7, 11) is -1.25. The number of hydrogen-bond donors (Lipinski definition) is 0. The molecule has 6 aromatic carbocycles. The van der Waals surface area contributed by atoms with Gasteiger partial charge >= 0.3 is 0 Å². The van der Waals surface area contributed by atoms with E-state index >= 15 is 0 Å². The second-order valence-corrected chi connectivity index (χ2v) is 13.5. The molecule has 3 heteroatoms. The van der Waals surface area contributed by atoms with Crippen molar-refractivity contribution in [3.8, 4) is 11.5 Å². The molecule has 0 bridgehead atoms. The van der Waals surface area contributed by atoms with Crippen molar-refractivity contribution in [3.63, 3.8) is 0 Å². The van der Waals surface area contributed by atoms with E-state index in [2.05, 4.69) is 170 Å². The summed E-state index contributed by atoms with van der Waals surface area (Å²) < 4.78 is 6.29. The zero-order chi connectivity index (χ0) is 26.3. The quantitative estimate of drug-likeness (QED) is 0.190. The van der Waals surface area contributed by atoms with Gasteiger partial charge in [-0.15, -0.1) is 0 Å². The first-order chi connectivity index (χ1) is 19.3. The highest BCUT2D eigenvalue weighted by Gasteiger charge is 2.17. The Morgan fingerprint density at radius 3 is 0.744 bits per heavy atom. The molecule has 188 valence electrons. The van der Waals surface area contributed by atoms with Crippen molar-refractivity contribution in [3.05, 3.63) is 170 Å². The van der Waals surface area contributed by atoms with Gasteiger partial charge in [-0.3, -0.25) is 0 Å². The largest absolute Gasteiger partial charge is 0.457 e. The normalized spacial score (nSPS) is 11.0. The molecule has 0 N–H and O–H groups in total. The van der Waals surface area contributed by atoms with Gasteiger partial charge in [0.25, 0.3) is 0 Å². The first-order valence-electron chi connectivity index (χ1n) is 13.0. The maximum absolute atomic E-state index is 6.29. The molecule has 0 amide bonds. The lowest BCUT2D eigenvalue weighted by Crippen LogP contribution is -2.20. The van der Waals surface area contributed by atoms with Gasteiger partial charge in [-0.25, -0.2) is 0 Å². The minimum Gasteiger partial charge on any atom is -0.457 e. The van der Waals surface area contributed by atoms with Crippen molar-refractivity contribution in [2.75, 3.05) is 0 Å². The molecule has 1 nitrogen and oxygen atoms in total. The predicted octanol–water partition coefficient (Wildman–Crippen LogP) is 7.00. The lowest BCUT2D eigenvalue weighted by atomic mass is 10.3. The van der Waals surface area contributed by atoms with Gasteiger partial charge in [0.1, 0.15) is 11.5 Å². The molecule has 0 aliphatic rings. The molecular formula is C36H28OP2. The van der Waals surface area contributed by atoms with Crippen LogP contribution < -0.4 is 36.6 Å². The molecular weight excluding hydrogens is 510 g/mol. The van der Waals surface area contributed by atoms with Crippen LogP contribution in [0.2, 0.25) is 0 Å². The molecule has 0 atom stereocenters. The van der Waals surface area contributed by atoms with E-state index in [1.165, 1.54) is 31.8 Å². The summed E-state index contributed by atoms with van der Waals surface area (Å²) in [4.78, 5) is 0. The Bertz CT molecular complexity index is 1380. The SMILES string of the molecule is c1ccc(P(c2ccccc2)c2ccc(Oc3ccc(P(c4ccccc4)c4ccccc4)cc3)cc2)cc1. The van der Waals surface area contributed by atoms with E-state index in [-0.39, 0.29) is 0 Å². The van der Waals surface area contributed by atoms with E-state index in [4.69, 9.17) is 4.74 Å². The van der Waals surface area contributed by atoms with E-state index in [0.717, 1.165) is 11.5 Å². The van der Waals surface area contributed by atoms with Crippen LogP contribution in [0.3, 0.4) is 0 Å². The maximum Gasteiger partial charge on any atom is 0.127 e. The molecule has 0 spiro atoms. The Balaban J connectivity index is 1.24. The van der Waals surface area contributed by atoms with Gasteiger partial charge in [0.2, 0.25) is 0 Å². The Kier molecular flexibility index (Phi) is 7.92. The lowest BCUT2D eigenvalue weighted by molar-refractivity contribution is 0.483. The predicted molar refractivity (Wildman–Crippen MR) is 170 cm³/mol. The summed E-state index contributed by atoms with van der Waals surface area (Å²) in [6, 6.07) is 60.3. The fraction of sp³-hybridized carbons (Fsp3) is 0. The smallest absolute Gasteiger partial charge is 0.127 e. The van der Waals surface area contributed by atoms with Crippen LogP contribution in [0.4, 0.5) is 0 Å². The number of benzene rings is 6. The molecule has 0 aromatic heterocycles. The highest BCUT2D eigenvalue weighted by Crippen LogP contribution is 2.35. The fourth-order valence-electron chi connectivity index (χ4n) is 4.67. The summed E-state index contributed by atoms with van der Waals surface area (Å²) in [5.74, 6) is 1.69. The third kappa shape index (κ3) is 6.02. The Labute approximate surface area is 233 Å². The molecule has 0 radical (unpaired) electrons. The minimum absolute atomic E-state index is 0.627. The molecule has 0 fully saturated rings. The monoisotopic (exact) mass is 538 g/mol. The Morgan fingerprint density at radius 2 is 0.487 bits per heavy atom. The average Bonchev–Trinajstić information content (AvgIpc) is 3.01. The van der Waals surface area contributed by atoms with Gasteiger partial charge in [0, 0.05) is 0 Å². The Morgan fingerprint density at radius 1 is 0.256 bits per heavy atom. The summed E-state index contributed by atoms with van der Waals surface area (Å²) in [5.41, 5.74) is 0. The van der Waals surface area contributed by atoms with Crippen molar-refractivity contribution in [2.24, 2.45) is 0 Å². The highest BCUT2D eigenvalue weighted by molar-refractivity contribution is 7.80. The van der Waals surface area contributed by atoms with Gasteiger partial charge in [-0.1, -0.05) is 146 Å². The topological polar surface area (TPSA) is 9.23 Å². The van der Waals surface area contributed by atoms with Crippen LogP contribution in [-0.4, -0.2) is 0 Å². The first-order valence-corrected chi connectivity index (χ1v) is 15.7. The molecule has 0 saturated carbocycles. The van der Waals surface area contributed by atoms with E-state index in [1.807, 2.05) is 0 Å². The molecule has 0 unspecified atom stereocenters. The fourth-order valence-corrected chi connectivity index (χ4v) is 9.23. The molecule has 0 saturated heterocycles. The van der Waals surface area contributed by atoms with Crippen molar-refractivity contribution < 1.29 is 4.74 Å². The number of rotatable bonds is 8. The summed E-state index contributed by atoms with van der Waals surface area (Å²) >= 11 is 0. The summed E-state index contributed by atoms with van der Waals surface area (Å²) in [6.07, 6.45) is 0. The van der Waals surface area contributed by atoms with E-state index in [1.54, 1.807) is 0 Å². The molecule has 0 aliphatic carbocycles. The Hall–Kier alpha value is -4.02. The van der Waals surface area contributed by atoms with E-state index < -0.39 is 15.8 Å². The van der Waals surface area contributed by atoms with Crippen molar-refractivity contribution in [2.45, 2.75) is 0 Å². The third-order valence-corrected chi connectivity index (χ3v) is 11.4. The number of hydrogen-bond acceptors (Lipinski definition) is 1. The minimum atomic E-state index is -0.627. The molecule has 6 rings (SSSR count). The van der Waals surface area contributed by atoms with Gasteiger partial charge in [-0.2, -0.15) is 0 Å². The standard InChI is InChI=1S/C36H28OP2/c1-5-13-31(14-6-1)38(32-15-7-2-8-16-32)35-25-21-29(22-26-35)37-30-23-27-36(28-24-30)39(33-17-9-3-10-18-33)34-19-11-4-12-20-34/h1-28H. The second-order valence-electron chi connectivity index (χ2n) is 9.10. The number of ether oxygens (including phenoxy) is 1. The van der Waals surface area contributed by atoms with Crippen LogP contribution in [0.5, 0.6) is 11.5 Å².